The van der Waals surface area contributed by atoms with E-state index in [-0.39, 0.29) is 0 Å². The van der Waals surface area contributed by atoms with Crippen molar-refractivity contribution in [3.05, 3.63) is 58.8 Å². The Morgan fingerprint density at radius 1 is 1.15 bits per heavy atom. The fourth-order valence-electron chi connectivity index (χ4n) is 1.95. The van der Waals surface area contributed by atoms with E-state index in [9.17, 15) is 0 Å². The van der Waals surface area contributed by atoms with E-state index in [1.807, 2.05) is 36.4 Å². The van der Waals surface area contributed by atoms with Gasteiger partial charge in [-0.1, -0.05) is 18.2 Å². The van der Waals surface area contributed by atoms with Gasteiger partial charge in [-0.2, -0.15) is 0 Å². The molecule has 0 N–H and O–H groups in total. The maximum Gasteiger partial charge on any atom is 0.220 e. The van der Waals surface area contributed by atoms with E-state index in [0.717, 1.165) is 20.9 Å². The van der Waals surface area contributed by atoms with Crippen LogP contribution >= 0.6 is 27.5 Å². The number of para-hydroxylation sites is 1. The Morgan fingerprint density at radius 3 is 2.80 bits per heavy atom. The van der Waals surface area contributed by atoms with Gasteiger partial charge < -0.3 is 4.74 Å². The first kappa shape index (κ1) is 13.3. The van der Waals surface area contributed by atoms with Gasteiger partial charge in [0.1, 0.15) is 5.75 Å². The number of rotatable bonds is 3. The summed E-state index contributed by atoms with van der Waals surface area (Å²) in [6.07, 6.45) is 3.34. The number of nitrogens with zero attached hydrogens (tertiary/aromatic N) is 2. The first-order valence-electron chi connectivity index (χ1n) is 5.99. The Hall–Kier alpha value is -1.65. The summed E-state index contributed by atoms with van der Waals surface area (Å²) in [6.45, 7) is 0. The Bertz CT molecular complexity index is 764. The molecule has 0 aliphatic carbocycles. The quantitative estimate of drug-likeness (QED) is 0.629. The molecule has 0 unspecified atom stereocenters. The number of ether oxygens (including phenoxy) is 1. The molecular formula is C15H10BrClN2O. The van der Waals surface area contributed by atoms with Gasteiger partial charge in [-0.05, 0) is 33.6 Å². The summed E-state index contributed by atoms with van der Waals surface area (Å²) >= 11 is 9.36. The molecule has 3 rings (SSSR count). The molecule has 5 heteroatoms. The van der Waals surface area contributed by atoms with Crippen LogP contribution in [0.2, 0.25) is 0 Å². The predicted molar refractivity (Wildman–Crippen MR) is 83.3 cm³/mol. The van der Waals surface area contributed by atoms with Gasteiger partial charge in [0.2, 0.25) is 5.88 Å². The average Bonchev–Trinajstić information content (AvgIpc) is 2.46. The standard InChI is InChI=1S/C15H10BrClN2O/c16-11-6-12(9-18-8-11)20-15-5-10(7-17)13-3-1-2-4-14(13)19-15/h1-6,8-9H,7H2. The molecule has 0 aliphatic rings. The second kappa shape index (κ2) is 5.77. The molecule has 0 aliphatic heterocycles. The van der Waals surface area contributed by atoms with Crippen molar-refractivity contribution in [1.82, 2.24) is 9.97 Å². The van der Waals surface area contributed by atoms with Crippen LogP contribution in [0.4, 0.5) is 0 Å². The predicted octanol–water partition coefficient (Wildman–Crippen LogP) is 4.92. The Kier molecular flexibility index (Phi) is 3.85. The normalized spacial score (nSPS) is 10.7. The van der Waals surface area contributed by atoms with Crippen molar-refractivity contribution in [2.75, 3.05) is 0 Å². The fourth-order valence-corrected chi connectivity index (χ4v) is 2.52. The van der Waals surface area contributed by atoms with Crippen molar-refractivity contribution in [2.24, 2.45) is 0 Å². The SMILES string of the molecule is ClCc1cc(Oc2cncc(Br)c2)nc2ccccc12. The molecule has 1 aromatic carbocycles. The van der Waals surface area contributed by atoms with E-state index >= 15 is 0 Å². The summed E-state index contributed by atoms with van der Waals surface area (Å²) in [5, 5.41) is 1.04. The molecule has 2 aromatic heterocycles. The van der Waals surface area contributed by atoms with Gasteiger partial charge in [0, 0.05) is 28.0 Å². The maximum atomic E-state index is 6.00. The second-order valence-corrected chi connectivity index (χ2v) is 5.39. The number of hydrogen-bond acceptors (Lipinski definition) is 3. The highest BCUT2D eigenvalue weighted by atomic mass is 79.9. The zero-order valence-corrected chi connectivity index (χ0v) is 12.7. The highest BCUT2D eigenvalue weighted by molar-refractivity contribution is 9.10. The van der Waals surface area contributed by atoms with Crippen LogP contribution in [0.25, 0.3) is 10.9 Å². The molecule has 100 valence electrons. The van der Waals surface area contributed by atoms with Gasteiger partial charge in [0.05, 0.1) is 11.7 Å². The first-order chi connectivity index (χ1) is 9.76. The summed E-state index contributed by atoms with van der Waals surface area (Å²) in [5.74, 6) is 1.55. The molecule has 0 fully saturated rings. The summed E-state index contributed by atoms with van der Waals surface area (Å²) in [5.41, 5.74) is 1.86. The molecule has 0 saturated carbocycles. The molecular weight excluding hydrogens is 340 g/mol. The lowest BCUT2D eigenvalue weighted by atomic mass is 10.1. The Labute approximate surface area is 129 Å². The molecule has 3 aromatic rings. The van der Waals surface area contributed by atoms with Crippen LogP contribution in [0.1, 0.15) is 5.56 Å². The zero-order chi connectivity index (χ0) is 13.9. The number of alkyl halides is 1. The van der Waals surface area contributed by atoms with Crippen molar-refractivity contribution in [3.63, 3.8) is 0 Å². The van der Waals surface area contributed by atoms with Crippen molar-refractivity contribution in [3.8, 4) is 11.6 Å². The van der Waals surface area contributed by atoms with Crippen LogP contribution in [0.5, 0.6) is 11.6 Å². The maximum absolute atomic E-state index is 6.00. The first-order valence-corrected chi connectivity index (χ1v) is 7.32. The summed E-state index contributed by atoms with van der Waals surface area (Å²) in [4.78, 5) is 8.54. The highest BCUT2D eigenvalue weighted by Gasteiger charge is 2.07. The van der Waals surface area contributed by atoms with E-state index in [1.54, 1.807) is 12.4 Å². The number of fused-ring (bicyclic) bond motifs is 1. The molecule has 0 amide bonds. The zero-order valence-electron chi connectivity index (χ0n) is 10.4. The number of pyridine rings is 2. The lowest BCUT2D eigenvalue weighted by molar-refractivity contribution is 0.462. The number of hydrogen-bond donors (Lipinski definition) is 0. The smallest absolute Gasteiger partial charge is 0.220 e. The third kappa shape index (κ3) is 2.76. The monoisotopic (exact) mass is 348 g/mol. The van der Waals surface area contributed by atoms with E-state index in [0.29, 0.717) is 17.5 Å². The Balaban J connectivity index is 2.03. The third-order valence-electron chi connectivity index (χ3n) is 2.82. The van der Waals surface area contributed by atoms with E-state index in [1.165, 1.54) is 0 Å². The van der Waals surface area contributed by atoms with Gasteiger partial charge >= 0.3 is 0 Å². The molecule has 2 heterocycles. The van der Waals surface area contributed by atoms with E-state index < -0.39 is 0 Å². The lowest BCUT2D eigenvalue weighted by Gasteiger charge is -2.08. The summed E-state index contributed by atoms with van der Waals surface area (Å²) in [7, 11) is 0. The molecule has 0 radical (unpaired) electrons. The Morgan fingerprint density at radius 2 is 2.00 bits per heavy atom. The van der Waals surface area contributed by atoms with Gasteiger partial charge in [-0.3, -0.25) is 4.98 Å². The summed E-state index contributed by atoms with van der Waals surface area (Å²) < 4.78 is 6.60. The molecule has 0 atom stereocenters. The molecule has 0 spiro atoms. The minimum absolute atomic E-state index is 0.413. The fraction of sp³-hybridized carbons (Fsp3) is 0.0667. The van der Waals surface area contributed by atoms with Crippen LogP contribution in [-0.4, -0.2) is 9.97 Å². The number of halogens is 2. The minimum Gasteiger partial charge on any atom is -0.437 e. The summed E-state index contributed by atoms with van der Waals surface area (Å²) in [6, 6.07) is 11.6. The molecule has 3 nitrogen and oxygen atoms in total. The molecule has 0 saturated heterocycles. The van der Waals surface area contributed by atoms with Gasteiger partial charge in [0.25, 0.3) is 0 Å². The van der Waals surface area contributed by atoms with Gasteiger partial charge in [0.15, 0.2) is 0 Å². The average molecular weight is 350 g/mol. The van der Waals surface area contributed by atoms with Gasteiger partial charge in [-0.15, -0.1) is 11.6 Å². The van der Waals surface area contributed by atoms with E-state index in [2.05, 4.69) is 25.9 Å². The third-order valence-corrected chi connectivity index (χ3v) is 3.55. The van der Waals surface area contributed by atoms with Crippen LogP contribution in [0, 0.1) is 0 Å². The highest BCUT2D eigenvalue weighted by Crippen LogP contribution is 2.27. The van der Waals surface area contributed by atoms with Crippen LogP contribution in [0.15, 0.2) is 53.3 Å². The minimum atomic E-state index is 0.413. The van der Waals surface area contributed by atoms with Crippen LogP contribution < -0.4 is 4.74 Å². The van der Waals surface area contributed by atoms with Crippen molar-refractivity contribution in [2.45, 2.75) is 5.88 Å². The molecule has 20 heavy (non-hydrogen) atoms. The lowest BCUT2D eigenvalue weighted by Crippen LogP contribution is -1.92. The van der Waals surface area contributed by atoms with Crippen molar-refractivity contribution >= 4 is 38.4 Å². The molecule has 0 bridgehead atoms. The largest absolute Gasteiger partial charge is 0.437 e. The van der Waals surface area contributed by atoms with E-state index in [4.69, 9.17) is 16.3 Å². The van der Waals surface area contributed by atoms with Crippen LogP contribution in [-0.2, 0) is 5.88 Å². The number of benzene rings is 1. The van der Waals surface area contributed by atoms with Crippen molar-refractivity contribution in [1.29, 1.82) is 0 Å². The topological polar surface area (TPSA) is 35.0 Å². The van der Waals surface area contributed by atoms with Crippen molar-refractivity contribution < 1.29 is 4.74 Å². The number of aromatic nitrogens is 2. The van der Waals surface area contributed by atoms with Crippen LogP contribution in [0.3, 0.4) is 0 Å². The second-order valence-electron chi connectivity index (χ2n) is 4.21. The van der Waals surface area contributed by atoms with Gasteiger partial charge in [-0.25, -0.2) is 4.98 Å².